The van der Waals surface area contributed by atoms with E-state index >= 15 is 0 Å². The van der Waals surface area contributed by atoms with E-state index in [0.717, 1.165) is 20.2 Å². The highest BCUT2D eigenvalue weighted by atomic mass is 79.9. The van der Waals surface area contributed by atoms with Gasteiger partial charge in [0.15, 0.2) is 0 Å². The lowest BCUT2D eigenvalue weighted by molar-refractivity contribution is 0.475. The quantitative estimate of drug-likeness (QED) is 0.604. The average molecular weight is 402 g/mol. The molecular formula is C14H18Br2N4. The summed E-state index contributed by atoms with van der Waals surface area (Å²) in [6.07, 6.45) is 1.81. The number of rotatable bonds is 4. The van der Waals surface area contributed by atoms with Gasteiger partial charge in [-0.25, -0.2) is 5.43 Å². The zero-order chi connectivity index (χ0) is 14.9. The van der Waals surface area contributed by atoms with E-state index in [0.29, 0.717) is 0 Å². The van der Waals surface area contributed by atoms with Crippen LogP contribution in [0.4, 0.5) is 0 Å². The van der Waals surface area contributed by atoms with Crippen molar-refractivity contribution in [3.05, 3.63) is 50.2 Å². The molecule has 1 unspecified atom stereocenters. The minimum atomic E-state index is -0.136. The fraction of sp³-hybridized carbons (Fsp3) is 0.357. The molecule has 3 N–H and O–H groups in total. The Bertz CT molecular complexity index is 607. The topological polar surface area (TPSA) is 55.9 Å². The molecule has 0 aliphatic rings. The number of aryl methyl sites for hydroxylation is 1. The van der Waals surface area contributed by atoms with E-state index in [9.17, 15) is 0 Å². The molecular weight excluding hydrogens is 384 g/mol. The summed E-state index contributed by atoms with van der Waals surface area (Å²) in [5, 5.41) is 4.42. The Balaban J connectivity index is 2.58. The molecule has 2 rings (SSSR count). The molecule has 1 aromatic carbocycles. The number of nitrogens with one attached hydrogen (secondary N) is 1. The Labute approximate surface area is 136 Å². The summed E-state index contributed by atoms with van der Waals surface area (Å²) in [4.78, 5) is 0. The number of halogens is 2. The zero-order valence-electron chi connectivity index (χ0n) is 11.7. The van der Waals surface area contributed by atoms with Crippen molar-refractivity contribution in [3.63, 3.8) is 0 Å². The fourth-order valence-corrected chi connectivity index (χ4v) is 3.21. The van der Waals surface area contributed by atoms with Crippen molar-refractivity contribution in [2.24, 2.45) is 5.84 Å². The molecule has 6 heteroatoms. The fourth-order valence-electron chi connectivity index (χ4n) is 2.23. The highest BCUT2D eigenvalue weighted by Gasteiger charge is 2.23. The normalized spacial score (nSPS) is 12.9. The number of hydrogen-bond acceptors (Lipinski definition) is 3. The van der Waals surface area contributed by atoms with Crippen molar-refractivity contribution in [2.45, 2.75) is 32.9 Å². The van der Waals surface area contributed by atoms with Gasteiger partial charge in [-0.1, -0.05) is 33.6 Å². The number of benzene rings is 1. The zero-order valence-corrected chi connectivity index (χ0v) is 14.9. The van der Waals surface area contributed by atoms with Crippen molar-refractivity contribution in [1.82, 2.24) is 15.2 Å². The van der Waals surface area contributed by atoms with Gasteiger partial charge in [0, 0.05) is 10.5 Å². The molecule has 1 heterocycles. The van der Waals surface area contributed by atoms with Crippen molar-refractivity contribution < 1.29 is 0 Å². The van der Waals surface area contributed by atoms with Crippen molar-refractivity contribution in [1.29, 1.82) is 0 Å². The lowest BCUT2D eigenvalue weighted by atomic mass is 10.0. The van der Waals surface area contributed by atoms with Crippen molar-refractivity contribution in [2.75, 3.05) is 0 Å². The molecule has 0 bridgehead atoms. The first kappa shape index (κ1) is 15.7. The Morgan fingerprint density at radius 3 is 2.55 bits per heavy atom. The van der Waals surface area contributed by atoms with Crippen LogP contribution in [0, 0.1) is 6.92 Å². The summed E-state index contributed by atoms with van der Waals surface area (Å²) in [7, 11) is 0. The van der Waals surface area contributed by atoms with E-state index in [1.54, 1.807) is 0 Å². The highest BCUT2D eigenvalue weighted by molar-refractivity contribution is 9.10. The summed E-state index contributed by atoms with van der Waals surface area (Å²) >= 11 is 7.18. The maximum atomic E-state index is 5.82. The van der Waals surface area contributed by atoms with Gasteiger partial charge in [-0.3, -0.25) is 10.5 Å². The van der Waals surface area contributed by atoms with Gasteiger partial charge < -0.3 is 0 Å². The second-order valence-electron chi connectivity index (χ2n) is 5.04. The first-order valence-electron chi connectivity index (χ1n) is 6.40. The number of hydrogen-bond donors (Lipinski definition) is 2. The minimum Gasteiger partial charge on any atom is -0.271 e. The third-order valence-electron chi connectivity index (χ3n) is 3.18. The van der Waals surface area contributed by atoms with Crippen LogP contribution in [0.5, 0.6) is 0 Å². The third-order valence-corrected chi connectivity index (χ3v) is 4.51. The lowest BCUT2D eigenvalue weighted by Gasteiger charge is -2.22. The molecule has 0 saturated carbocycles. The molecule has 2 aromatic rings. The standard InChI is InChI=1S/C14H18Br2N4/c1-8(2)20-14(12(16)7-18-20)13(19-17)10-6-9(3)4-5-11(10)15/h4-8,13,19H,17H2,1-3H3. The van der Waals surface area contributed by atoms with Gasteiger partial charge in [0.1, 0.15) is 0 Å². The monoisotopic (exact) mass is 400 g/mol. The van der Waals surface area contributed by atoms with Gasteiger partial charge in [-0.05, 0) is 48.3 Å². The Morgan fingerprint density at radius 2 is 1.95 bits per heavy atom. The van der Waals surface area contributed by atoms with Crippen molar-refractivity contribution >= 4 is 31.9 Å². The van der Waals surface area contributed by atoms with Gasteiger partial charge in [0.05, 0.1) is 22.4 Å². The highest BCUT2D eigenvalue weighted by Crippen LogP contribution is 2.33. The van der Waals surface area contributed by atoms with Crippen LogP contribution in [-0.4, -0.2) is 9.78 Å². The molecule has 0 saturated heterocycles. The molecule has 1 aromatic heterocycles. The lowest BCUT2D eigenvalue weighted by Crippen LogP contribution is -2.31. The maximum absolute atomic E-state index is 5.82. The molecule has 0 spiro atoms. The summed E-state index contributed by atoms with van der Waals surface area (Å²) in [5.74, 6) is 5.82. The molecule has 0 radical (unpaired) electrons. The predicted molar refractivity (Wildman–Crippen MR) is 88.4 cm³/mol. The van der Waals surface area contributed by atoms with Crippen LogP contribution in [0.25, 0.3) is 0 Å². The molecule has 20 heavy (non-hydrogen) atoms. The van der Waals surface area contributed by atoms with Gasteiger partial charge in [-0.15, -0.1) is 0 Å². The van der Waals surface area contributed by atoms with Crippen LogP contribution in [0.15, 0.2) is 33.3 Å². The summed E-state index contributed by atoms with van der Waals surface area (Å²) < 4.78 is 3.95. The SMILES string of the molecule is Cc1ccc(Br)c(C(NN)c2c(Br)cnn2C(C)C)c1. The summed E-state index contributed by atoms with van der Waals surface area (Å²) in [6, 6.07) is 6.35. The molecule has 1 atom stereocenters. The maximum Gasteiger partial charge on any atom is 0.0900 e. The first-order chi connectivity index (χ1) is 9.45. The number of nitrogens with zero attached hydrogens (tertiary/aromatic N) is 2. The van der Waals surface area contributed by atoms with Gasteiger partial charge >= 0.3 is 0 Å². The summed E-state index contributed by atoms with van der Waals surface area (Å²) in [5.41, 5.74) is 6.21. The van der Waals surface area contributed by atoms with Gasteiger partial charge in [-0.2, -0.15) is 5.10 Å². The van der Waals surface area contributed by atoms with E-state index in [-0.39, 0.29) is 12.1 Å². The van der Waals surface area contributed by atoms with E-state index in [1.807, 2.05) is 16.9 Å². The number of nitrogens with two attached hydrogens (primary N) is 1. The smallest absolute Gasteiger partial charge is 0.0900 e. The van der Waals surface area contributed by atoms with Gasteiger partial charge in [0.2, 0.25) is 0 Å². The second-order valence-corrected chi connectivity index (χ2v) is 6.75. The van der Waals surface area contributed by atoms with Crippen molar-refractivity contribution in [3.8, 4) is 0 Å². The molecule has 0 amide bonds. The molecule has 108 valence electrons. The van der Waals surface area contributed by atoms with Crippen LogP contribution in [0.3, 0.4) is 0 Å². The molecule has 0 fully saturated rings. The summed E-state index contributed by atoms with van der Waals surface area (Å²) in [6.45, 7) is 6.27. The van der Waals surface area contributed by atoms with Crippen LogP contribution in [-0.2, 0) is 0 Å². The van der Waals surface area contributed by atoms with Crippen LogP contribution in [0.2, 0.25) is 0 Å². The Morgan fingerprint density at radius 1 is 1.25 bits per heavy atom. The van der Waals surface area contributed by atoms with E-state index in [2.05, 4.69) is 75.3 Å². The Kier molecular flexibility index (Phi) is 5.01. The molecule has 0 aliphatic heterocycles. The van der Waals surface area contributed by atoms with Gasteiger partial charge in [0.25, 0.3) is 0 Å². The van der Waals surface area contributed by atoms with E-state index in [1.165, 1.54) is 5.56 Å². The second kappa shape index (κ2) is 6.39. The molecule has 4 nitrogen and oxygen atoms in total. The third kappa shape index (κ3) is 2.98. The van der Waals surface area contributed by atoms with E-state index in [4.69, 9.17) is 5.84 Å². The average Bonchev–Trinajstić information content (AvgIpc) is 2.77. The minimum absolute atomic E-state index is 0.136. The Hall–Kier alpha value is -0.690. The van der Waals surface area contributed by atoms with E-state index < -0.39 is 0 Å². The number of aromatic nitrogens is 2. The first-order valence-corrected chi connectivity index (χ1v) is 7.99. The van der Waals surface area contributed by atoms with Crippen LogP contribution in [0.1, 0.15) is 42.8 Å². The largest absolute Gasteiger partial charge is 0.271 e. The van der Waals surface area contributed by atoms with Crippen LogP contribution < -0.4 is 11.3 Å². The van der Waals surface area contributed by atoms with Crippen LogP contribution >= 0.6 is 31.9 Å². The molecule has 0 aliphatic carbocycles. The number of hydrazine groups is 1. The predicted octanol–water partition coefficient (Wildman–Crippen LogP) is 3.85.